The lowest BCUT2D eigenvalue weighted by atomic mass is 10.2. The molecule has 4 rings (SSSR count). The molecule has 160 valence electrons. The lowest BCUT2D eigenvalue weighted by Crippen LogP contribution is -2.23. The summed E-state index contributed by atoms with van der Waals surface area (Å²) in [6.45, 7) is 4.30. The predicted octanol–water partition coefficient (Wildman–Crippen LogP) is 4.70. The number of aliphatic imine (C=N–C) groups is 1. The summed E-state index contributed by atoms with van der Waals surface area (Å²) in [4.78, 5) is 33.8. The molecule has 0 radical (unpaired) electrons. The Kier molecular flexibility index (Phi) is 6.42. The van der Waals surface area contributed by atoms with Gasteiger partial charge in [-0.15, -0.1) is 0 Å². The highest BCUT2D eigenvalue weighted by Crippen LogP contribution is 2.33. The minimum Gasteiger partial charge on any atom is -0.462 e. The molecular formula is C24H25N3O3S. The Hall–Kier alpha value is -3.06. The topological polar surface area (TPSA) is 62.2 Å². The van der Waals surface area contributed by atoms with Crippen LogP contribution in [0.5, 0.6) is 0 Å². The van der Waals surface area contributed by atoms with Crippen molar-refractivity contribution in [1.82, 2.24) is 4.90 Å². The number of likely N-dealkylation sites (N-methyl/N-ethyl adjacent to an activating group) is 1. The molecule has 7 heteroatoms. The lowest BCUT2D eigenvalue weighted by molar-refractivity contribution is -0.121. The number of benzene rings is 2. The van der Waals surface area contributed by atoms with Crippen LogP contribution in [0.2, 0.25) is 0 Å². The highest BCUT2D eigenvalue weighted by atomic mass is 32.2. The summed E-state index contributed by atoms with van der Waals surface area (Å²) >= 11 is 1.33. The molecule has 2 aliphatic heterocycles. The molecule has 0 bridgehead atoms. The Labute approximate surface area is 186 Å². The van der Waals surface area contributed by atoms with Crippen LogP contribution in [0.25, 0.3) is 6.08 Å². The fraction of sp³-hybridized carbons (Fsp3) is 0.292. The molecule has 2 fully saturated rings. The van der Waals surface area contributed by atoms with Gasteiger partial charge in [0.2, 0.25) is 0 Å². The molecule has 0 aliphatic carbocycles. The van der Waals surface area contributed by atoms with Gasteiger partial charge in [0.25, 0.3) is 5.91 Å². The molecule has 6 nitrogen and oxygen atoms in total. The van der Waals surface area contributed by atoms with Gasteiger partial charge in [-0.2, -0.15) is 0 Å². The molecule has 31 heavy (non-hydrogen) atoms. The van der Waals surface area contributed by atoms with Crippen molar-refractivity contribution < 1.29 is 14.3 Å². The van der Waals surface area contributed by atoms with Crippen LogP contribution in [0.3, 0.4) is 0 Å². The third-order valence-corrected chi connectivity index (χ3v) is 6.31. The van der Waals surface area contributed by atoms with Crippen molar-refractivity contribution in [3.63, 3.8) is 0 Å². The van der Waals surface area contributed by atoms with Gasteiger partial charge in [0.15, 0.2) is 5.17 Å². The summed E-state index contributed by atoms with van der Waals surface area (Å²) in [5, 5.41) is 0.575. The van der Waals surface area contributed by atoms with Crippen LogP contribution in [-0.2, 0) is 9.53 Å². The van der Waals surface area contributed by atoms with Crippen molar-refractivity contribution >= 4 is 46.3 Å². The predicted molar refractivity (Wildman–Crippen MR) is 126 cm³/mol. The first-order chi connectivity index (χ1) is 15.0. The van der Waals surface area contributed by atoms with Gasteiger partial charge >= 0.3 is 5.97 Å². The van der Waals surface area contributed by atoms with Crippen LogP contribution < -0.4 is 4.90 Å². The van der Waals surface area contributed by atoms with Crippen molar-refractivity contribution in [3.8, 4) is 0 Å². The average molecular weight is 436 g/mol. The van der Waals surface area contributed by atoms with Gasteiger partial charge in [-0.25, -0.2) is 9.79 Å². The van der Waals surface area contributed by atoms with Gasteiger partial charge in [-0.3, -0.25) is 9.69 Å². The first-order valence-electron chi connectivity index (χ1n) is 10.4. The maximum absolute atomic E-state index is 12.7. The number of hydrogen-bond donors (Lipinski definition) is 0. The largest absolute Gasteiger partial charge is 0.462 e. The monoisotopic (exact) mass is 435 g/mol. The third-order valence-electron chi connectivity index (χ3n) is 5.25. The van der Waals surface area contributed by atoms with Crippen molar-refractivity contribution in [2.45, 2.75) is 19.8 Å². The van der Waals surface area contributed by atoms with Crippen LogP contribution in [-0.4, -0.2) is 48.7 Å². The van der Waals surface area contributed by atoms with E-state index in [1.807, 2.05) is 18.2 Å². The number of nitrogens with zero attached hydrogens (tertiary/aromatic N) is 3. The minimum absolute atomic E-state index is 0.0890. The number of esters is 1. The van der Waals surface area contributed by atoms with Gasteiger partial charge in [0.05, 0.1) is 22.8 Å². The van der Waals surface area contributed by atoms with E-state index >= 15 is 0 Å². The van der Waals surface area contributed by atoms with Gasteiger partial charge in [-0.05, 0) is 73.5 Å². The highest BCUT2D eigenvalue weighted by molar-refractivity contribution is 8.18. The van der Waals surface area contributed by atoms with E-state index in [1.165, 1.54) is 35.2 Å². The molecule has 2 saturated heterocycles. The van der Waals surface area contributed by atoms with Crippen molar-refractivity contribution in [1.29, 1.82) is 0 Å². The van der Waals surface area contributed by atoms with Crippen molar-refractivity contribution in [2.24, 2.45) is 4.99 Å². The van der Waals surface area contributed by atoms with Gasteiger partial charge < -0.3 is 9.64 Å². The van der Waals surface area contributed by atoms with E-state index < -0.39 is 0 Å². The summed E-state index contributed by atoms with van der Waals surface area (Å²) in [5.41, 5.74) is 3.25. The molecule has 0 N–H and O–H groups in total. The molecule has 0 saturated carbocycles. The van der Waals surface area contributed by atoms with Gasteiger partial charge in [-0.1, -0.05) is 18.2 Å². The minimum atomic E-state index is -0.383. The molecular weight excluding hydrogens is 410 g/mol. The standard InChI is InChI=1S/C24H25N3O3S/c1-3-30-23(29)18-7-6-8-19(16-18)25-24-26(2)22(28)21(31-24)15-17-9-11-20(12-10-17)27-13-4-5-14-27/h6-12,15-16H,3-5,13-14H2,1-2H3. The SMILES string of the molecule is CCOC(=O)c1cccc(N=C2SC(=Cc3ccc(N4CCCC4)cc3)C(=O)N2C)c1. The highest BCUT2D eigenvalue weighted by Gasteiger charge is 2.30. The Morgan fingerprint density at radius 1 is 1.16 bits per heavy atom. The summed E-state index contributed by atoms with van der Waals surface area (Å²) in [6, 6.07) is 15.2. The zero-order chi connectivity index (χ0) is 21.8. The second-order valence-electron chi connectivity index (χ2n) is 7.43. The zero-order valence-corrected chi connectivity index (χ0v) is 18.5. The van der Waals surface area contributed by atoms with Crippen molar-refractivity contribution in [3.05, 3.63) is 64.6 Å². The molecule has 2 aliphatic rings. The number of anilines is 1. The third kappa shape index (κ3) is 4.82. The Morgan fingerprint density at radius 2 is 1.90 bits per heavy atom. The molecule has 0 unspecified atom stereocenters. The van der Waals surface area contributed by atoms with E-state index in [4.69, 9.17) is 4.74 Å². The summed E-state index contributed by atoms with van der Waals surface area (Å²) in [5.74, 6) is -0.472. The molecule has 2 heterocycles. The van der Waals surface area contributed by atoms with E-state index in [1.54, 1.807) is 38.2 Å². The van der Waals surface area contributed by atoms with Gasteiger partial charge in [0, 0.05) is 25.8 Å². The Balaban J connectivity index is 1.52. The molecule has 0 aromatic heterocycles. The number of hydrogen-bond acceptors (Lipinski definition) is 6. The Bertz CT molecular complexity index is 1040. The number of amides is 1. The quantitative estimate of drug-likeness (QED) is 0.503. The fourth-order valence-electron chi connectivity index (χ4n) is 3.59. The van der Waals surface area contributed by atoms with E-state index in [0.29, 0.717) is 27.9 Å². The average Bonchev–Trinajstić information content (AvgIpc) is 3.40. The molecule has 2 aromatic carbocycles. The van der Waals surface area contributed by atoms with E-state index in [2.05, 4.69) is 22.0 Å². The Morgan fingerprint density at radius 3 is 2.61 bits per heavy atom. The number of rotatable bonds is 5. The van der Waals surface area contributed by atoms with Crippen molar-refractivity contribution in [2.75, 3.05) is 31.6 Å². The van der Waals surface area contributed by atoms with Crippen LogP contribution in [0.4, 0.5) is 11.4 Å². The number of carbonyl (C=O) groups excluding carboxylic acids is 2. The fourth-order valence-corrected chi connectivity index (χ4v) is 4.57. The van der Waals surface area contributed by atoms with Crippen LogP contribution in [0, 0.1) is 0 Å². The summed E-state index contributed by atoms with van der Waals surface area (Å²) < 4.78 is 5.05. The lowest BCUT2D eigenvalue weighted by Gasteiger charge is -2.17. The second-order valence-corrected chi connectivity index (χ2v) is 8.43. The second kappa shape index (κ2) is 9.39. The number of thioether (sulfide) groups is 1. The number of carbonyl (C=O) groups is 2. The van der Waals surface area contributed by atoms with E-state index in [9.17, 15) is 9.59 Å². The number of amidine groups is 1. The molecule has 2 aromatic rings. The maximum Gasteiger partial charge on any atom is 0.338 e. The van der Waals surface area contributed by atoms with Crippen LogP contribution in [0.1, 0.15) is 35.7 Å². The zero-order valence-electron chi connectivity index (χ0n) is 17.7. The maximum atomic E-state index is 12.7. The normalized spacial score (nSPS) is 19.0. The van der Waals surface area contributed by atoms with E-state index in [-0.39, 0.29) is 11.9 Å². The summed E-state index contributed by atoms with van der Waals surface area (Å²) in [6.07, 6.45) is 4.39. The smallest absolute Gasteiger partial charge is 0.338 e. The van der Waals surface area contributed by atoms with Crippen LogP contribution in [0.15, 0.2) is 58.4 Å². The van der Waals surface area contributed by atoms with Crippen LogP contribution >= 0.6 is 11.8 Å². The number of ether oxygens (including phenoxy) is 1. The first-order valence-corrected chi connectivity index (χ1v) is 11.3. The first kappa shape index (κ1) is 21.2. The summed E-state index contributed by atoms with van der Waals surface area (Å²) in [7, 11) is 1.71. The molecule has 0 spiro atoms. The van der Waals surface area contributed by atoms with Gasteiger partial charge in [0.1, 0.15) is 0 Å². The molecule has 0 atom stereocenters. The molecule has 1 amide bonds. The van der Waals surface area contributed by atoms with E-state index in [0.717, 1.165) is 18.7 Å².